The van der Waals surface area contributed by atoms with Crippen molar-refractivity contribution in [1.82, 2.24) is 0 Å². The summed E-state index contributed by atoms with van der Waals surface area (Å²) in [6.45, 7) is 2.24. The molecule has 3 rings (SSSR count). The second-order valence-corrected chi connectivity index (χ2v) is 9.37. The van der Waals surface area contributed by atoms with Crippen LogP contribution in [0.2, 0.25) is 0 Å². The summed E-state index contributed by atoms with van der Waals surface area (Å²) >= 11 is 0. The zero-order chi connectivity index (χ0) is 23.3. The van der Waals surface area contributed by atoms with E-state index in [1.54, 1.807) is 12.1 Å². The summed E-state index contributed by atoms with van der Waals surface area (Å²) in [5.41, 5.74) is 3.43. The van der Waals surface area contributed by atoms with Gasteiger partial charge >= 0.3 is 0 Å². The van der Waals surface area contributed by atoms with Crippen LogP contribution in [0.3, 0.4) is 0 Å². The molecule has 0 spiro atoms. The molecule has 0 atom stereocenters. The lowest BCUT2D eigenvalue weighted by Gasteiger charge is -2.24. The largest absolute Gasteiger partial charge is 0.247 e. The molecule has 0 radical (unpaired) electrons. The zero-order valence-electron chi connectivity index (χ0n) is 20.1. The number of rotatable bonds is 10. The van der Waals surface area contributed by atoms with E-state index in [0.717, 1.165) is 30.4 Å². The summed E-state index contributed by atoms with van der Waals surface area (Å²) in [6, 6.07) is 13.4. The first-order valence-corrected chi connectivity index (χ1v) is 12.9. The molecule has 0 nitrogen and oxygen atoms in total. The smallest absolute Gasteiger partial charge is 0.139 e. The van der Waals surface area contributed by atoms with Gasteiger partial charge in [-0.15, -0.1) is 0 Å². The van der Waals surface area contributed by atoms with Gasteiger partial charge in [0.15, 0.2) is 0 Å². The number of allylic oxidation sites excluding steroid dienone is 1. The van der Waals surface area contributed by atoms with Crippen LogP contribution in [-0.4, -0.2) is 6.17 Å². The first-order valence-electron chi connectivity index (χ1n) is 12.9. The minimum atomic E-state index is -0.631. The lowest BCUT2D eigenvalue weighted by molar-refractivity contribution is 0.235. The minimum absolute atomic E-state index is 0.278. The summed E-state index contributed by atoms with van der Waals surface area (Å²) in [7, 11) is 0. The molecule has 0 heterocycles. The molecule has 0 bridgehead atoms. The lowest BCUT2D eigenvalue weighted by Crippen LogP contribution is -2.13. The third-order valence-electron chi connectivity index (χ3n) is 6.66. The maximum atomic E-state index is 14.5. The van der Waals surface area contributed by atoms with E-state index in [1.165, 1.54) is 50.5 Å². The molecule has 1 aliphatic carbocycles. The Hall–Kier alpha value is -2.40. The van der Waals surface area contributed by atoms with Crippen molar-refractivity contribution in [2.75, 3.05) is 0 Å². The summed E-state index contributed by atoms with van der Waals surface area (Å²) in [5.74, 6) is 6.21. The first kappa shape index (κ1) is 25.2. The molecule has 1 saturated carbocycles. The standard InChI is InChI=1S/C31H38F2/c1-2-3-4-5-6-7-8-9-10-11-26-15-19-29(31(33)24-26)18-14-25-12-16-27(17-13-25)28-20-22-30(32)23-21-28/h10-13,15-17,19,24,28,30H,2-9,20-23H2,1H3/b11-10+. The maximum absolute atomic E-state index is 14.5. The highest BCUT2D eigenvalue weighted by Gasteiger charge is 2.21. The van der Waals surface area contributed by atoms with Crippen molar-refractivity contribution < 1.29 is 8.78 Å². The quantitative estimate of drug-likeness (QED) is 0.251. The van der Waals surface area contributed by atoms with Crippen molar-refractivity contribution in [3.05, 3.63) is 76.6 Å². The van der Waals surface area contributed by atoms with Gasteiger partial charge in [-0.2, -0.15) is 0 Å². The Bertz CT molecular complexity index is 922. The van der Waals surface area contributed by atoms with Gasteiger partial charge in [0, 0.05) is 5.56 Å². The normalized spacial score (nSPS) is 18.3. The van der Waals surface area contributed by atoms with Gasteiger partial charge in [-0.25, -0.2) is 8.78 Å². The molecule has 2 aromatic carbocycles. The Balaban J connectivity index is 1.46. The Morgan fingerprint density at radius 1 is 0.848 bits per heavy atom. The molecule has 2 heteroatoms. The predicted molar refractivity (Wildman–Crippen MR) is 137 cm³/mol. The highest BCUT2D eigenvalue weighted by Crippen LogP contribution is 2.34. The van der Waals surface area contributed by atoms with Crippen molar-refractivity contribution in [1.29, 1.82) is 0 Å². The zero-order valence-corrected chi connectivity index (χ0v) is 20.1. The van der Waals surface area contributed by atoms with Crippen LogP contribution >= 0.6 is 0 Å². The molecule has 0 aliphatic heterocycles. The van der Waals surface area contributed by atoms with Crippen LogP contribution in [0.5, 0.6) is 0 Å². The fraction of sp³-hybridized carbons (Fsp3) is 0.484. The molecule has 0 unspecified atom stereocenters. The van der Waals surface area contributed by atoms with Crippen LogP contribution in [0.4, 0.5) is 8.78 Å². The lowest BCUT2D eigenvalue weighted by atomic mass is 9.83. The molecule has 2 aromatic rings. The number of hydrogen-bond donors (Lipinski definition) is 0. The van der Waals surface area contributed by atoms with E-state index in [-0.39, 0.29) is 5.82 Å². The summed E-state index contributed by atoms with van der Waals surface area (Å²) in [5, 5.41) is 0. The van der Waals surface area contributed by atoms with Gasteiger partial charge in [0.2, 0.25) is 0 Å². The Morgan fingerprint density at radius 2 is 1.55 bits per heavy atom. The number of benzene rings is 2. The van der Waals surface area contributed by atoms with E-state index < -0.39 is 6.17 Å². The number of alkyl halides is 1. The molecular formula is C31H38F2. The third-order valence-corrected chi connectivity index (χ3v) is 6.66. The second-order valence-electron chi connectivity index (χ2n) is 9.37. The topological polar surface area (TPSA) is 0 Å². The summed E-state index contributed by atoms with van der Waals surface area (Å²) in [4.78, 5) is 0. The molecule has 33 heavy (non-hydrogen) atoms. The van der Waals surface area contributed by atoms with Crippen LogP contribution in [0.1, 0.15) is 112 Å². The Labute approximate surface area is 199 Å². The van der Waals surface area contributed by atoms with E-state index in [9.17, 15) is 8.78 Å². The van der Waals surface area contributed by atoms with E-state index in [2.05, 4.69) is 37.0 Å². The molecule has 1 fully saturated rings. The highest BCUT2D eigenvalue weighted by atomic mass is 19.1. The fourth-order valence-electron chi connectivity index (χ4n) is 4.54. The monoisotopic (exact) mass is 448 g/mol. The van der Waals surface area contributed by atoms with Crippen molar-refractivity contribution in [3.63, 3.8) is 0 Å². The summed E-state index contributed by atoms with van der Waals surface area (Å²) in [6.07, 6.45) is 16.9. The highest BCUT2D eigenvalue weighted by molar-refractivity contribution is 5.53. The number of halogens is 2. The minimum Gasteiger partial charge on any atom is -0.247 e. The average molecular weight is 449 g/mol. The van der Waals surface area contributed by atoms with Gasteiger partial charge in [-0.1, -0.05) is 87.6 Å². The number of unbranched alkanes of at least 4 members (excludes halogenated alkanes) is 7. The van der Waals surface area contributed by atoms with Gasteiger partial charge in [-0.3, -0.25) is 0 Å². The van der Waals surface area contributed by atoms with Gasteiger partial charge < -0.3 is 0 Å². The van der Waals surface area contributed by atoms with E-state index in [0.29, 0.717) is 24.3 Å². The van der Waals surface area contributed by atoms with Crippen molar-refractivity contribution in [3.8, 4) is 11.8 Å². The predicted octanol–water partition coefficient (Wildman–Crippen LogP) is 9.38. The number of hydrogen-bond acceptors (Lipinski definition) is 0. The Kier molecular flexibility index (Phi) is 10.7. The molecule has 0 aromatic heterocycles. The van der Waals surface area contributed by atoms with E-state index >= 15 is 0 Å². The van der Waals surface area contributed by atoms with E-state index in [1.807, 2.05) is 24.3 Å². The molecule has 0 saturated heterocycles. The van der Waals surface area contributed by atoms with Crippen LogP contribution in [0, 0.1) is 17.7 Å². The van der Waals surface area contributed by atoms with Crippen molar-refractivity contribution >= 4 is 6.08 Å². The van der Waals surface area contributed by atoms with Crippen LogP contribution in [0.25, 0.3) is 6.08 Å². The van der Waals surface area contributed by atoms with Crippen LogP contribution < -0.4 is 0 Å². The van der Waals surface area contributed by atoms with Crippen molar-refractivity contribution in [2.45, 2.75) is 96.1 Å². The van der Waals surface area contributed by atoms with Crippen LogP contribution in [-0.2, 0) is 0 Å². The van der Waals surface area contributed by atoms with Gasteiger partial charge in [0.05, 0.1) is 5.56 Å². The first-order chi connectivity index (χ1) is 16.2. The van der Waals surface area contributed by atoms with Gasteiger partial charge in [-0.05, 0) is 79.8 Å². The maximum Gasteiger partial charge on any atom is 0.139 e. The molecule has 1 aliphatic rings. The van der Waals surface area contributed by atoms with Gasteiger partial charge in [0.1, 0.15) is 12.0 Å². The molecule has 0 N–H and O–H groups in total. The molecular weight excluding hydrogens is 410 g/mol. The fourth-order valence-corrected chi connectivity index (χ4v) is 4.54. The van der Waals surface area contributed by atoms with Gasteiger partial charge in [0.25, 0.3) is 0 Å². The Morgan fingerprint density at radius 3 is 2.24 bits per heavy atom. The van der Waals surface area contributed by atoms with E-state index in [4.69, 9.17) is 0 Å². The van der Waals surface area contributed by atoms with Crippen molar-refractivity contribution in [2.24, 2.45) is 0 Å². The van der Waals surface area contributed by atoms with Crippen LogP contribution in [0.15, 0.2) is 48.5 Å². The summed E-state index contributed by atoms with van der Waals surface area (Å²) < 4.78 is 27.9. The average Bonchev–Trinajstić information content (AvgIpc) is 2.83. The molecule has 0 amide bonds. The molecule has 176 valence electrons. The second kappa shape index (κ2) is 14.0. The third kappa shape index (κ3) is 8.81. The SMILES string of the molecule is CCCCCCCCC/C=C/c1ccc(C#Cc2ccc(C3CCC(F)CC3)cc2)c(F)c1.